The summed E-state index contributed by atoms with van der Waals surface area (Å²) in [6.07, 6.45) is 2.17. The molecule has 0 atom stereocenters. The van der Waals surface area contributed by atoms with Crippen molar-refractivity contribution >= 4 is 22.9 Å². The van der Waals surface area contributed by atoms with Crippen LogP contribution < -0.4 is 15.4 Å². The third-order valence-electron chi connectivity index (χ3n) is 3.34. The van der Waals surface area contributed by atoms with Gasteiger partial charge in [-0.25, -0.2) is 0 Å². The van der Waals surface area contributed by atoms with Crippen LogP contribution in [0.15, 0.2) is 18.2 Å². The Labute approximate surface area is 115 Å². The van der Waals surface area contributed by atoms with Gasteiger partial charge in [-0.2, -0.15) is 0 Å². The summed E-state index contributed by atoms with van der Waals surface area (Å²) in [5.74, 6) is 0.822. The van der Waals surface area contributed by atoms with Gasteiger partial charge in [0.25, 0.3) is 0 Å². The highest BCUT2D eigenvalue weighted by atomic mass is 32.1. The molecule has 0 saturated carbocycles. The maximum atomic E-state index is 5.79. The van der Waals surface area contributed by atoms with Crippen LogP contribution in [0.4, 0.5) is 5.69 Å². The van der Waals surface area contributed by atoms with Crippen molar-refractivity contribution in [2.24, 2.45) is 5.73 Å². The average molecular weight is 266 g/mol. The van der Waals surface area contributed by atoms with Gasteiger partial charge in [-0.1, -0.05) is 26.1 Å². The highest BCUT2D eigenvalue weighted by Gasteiger charge is 2.16. The van der Waals surface area contributed by atoms with E-state index in [4.69, 9.17) is 22.7 Å². The number of rotatable bonds is 6. The summed E-state index contributed by atoms with van der Waals surface area (Å²) in [6, 6.07) is 6.28. The smallest absolute Gasteiger partial charge is 0.120 e. The molecule has 0 radical (unpaired) electrons. The van der Waals surface area contributed by atoms with Gasteiger partial charge in [-0.15, -0.1) is 0 Å². The number of methoxy groups -OCH3 is 1. The van der Waals surface area contributed by atoms with Crippen LogP contribution in [0.1, 0.15) is 32.3 Å². The van der Waals surface area contributed by atoms with E-state index in [-0.39, 0.29) is 0 Å². The minimum atomic E-state index is 0.422. The summed E-state index contributed by atoms with van der Waals surface area (Å²) in [4.78, 5) is 2.65. The van der Waals surface area contributed by atoms with Crippen LogP contribution >= 0.6 is 12.2 Å². The lowest BCUT2D eigenvalue weighted by molar-refractivity contribution is 0.414. The SMILES string of the molecule is CCC(CC)N(C)c1cc(OC)ccc1C(N)=S. The Kier molecular flexibility index (Phi) is 5.41. The third kappa shape index (κ3) is 3.13. The van der Waals surface area contributed by atoms with E-state index >= 15 is 0 Å². The van der Waals surface area contributed by atoms with Gasteiger partial charge in [0, 0.05) is 24.7 Å². The Morgan fingerprint density at radius 3 is 2.44 bits per heavy atom. The van der Waals surface area contributed by atoms with E-state index in [9.17, 15) is 0 Å². The molecule has 4 heteroatoms. The summed E-state index contributed by atoms with van der Waals surface area (Å²) >= 11 is 5.12. The number of hydrogen-bond acceptors (Lipinski definition) is 3. The largest absolute Gasteiger partial charge is 0.497 e. The molecule has 2 N–H and O–H groups in total. The lowest BCUT2D eigenvalue weighted by atomic mass is 10.1. The molecule has 1 rings (SSSR count). The molecule has 0 heterocycles. The highest BCUT2D eigenvalue weighted by Crippen LogP contribution is 2.28. The van der Waals surface area contributed by atoms with Crippen molar-refractivity contribution in [2.75, 3.05) is 19.1 Å². The van der Waals surface area contributed by atoms with E-state index in [0.717, 1.165) is 29.8 Å². The molecule has 0 aromatic heterocycles. The van der Waals surface area contributed by atoms with Gasteiger partial charge in [0.1, 0.15) is 10.7 Å². The Hall–Kier alpha value is -1.29. The molecule has 1 aromatic carbocycles. The zero-order valence-corrected chi connectivity index (χ0v) is 12.4. The van der Waals surface area contributed by atoms with Crippen LogP contribution in [0, 0.1) is 0 Å². The second-order valence-electron chi connectivity index (χ2n) is 4.33. The fraction of sp³-hybridized carbons (Fsp3) is 0.500. The molecule has 100 valence electrons. The molecule has 0 bridgehead atoms. The maximum Gasteiger partial charge on any atom is 0.120 e. The average Bonchev–Trinajstić information content (AvgIpc) is 2.39. The number of hydrogen-bond donors (Lipinski definition) is 1. The van der Waals surface area contributed by atoms with E-state index in [1.165, 1.54) is 0 Å². The molecule has 18 heavy (non-hydrogen) atoms. The summed E-state index contributed by atoms with van der Waals surface area (Å²) in [5.41, 5.74) is 7.73. The Bertz CT molecular complexity index is 416. The van der Waals surface area contributed by atoms with Crippen LogP contribution in [-0.4, -0.2) is 25.2 Å². The topological polar surface area (TPSA) is 38.5 Å². The van der Waals surface area contributed by atoms with Crippen LogP contribution in [0.3, 0.4) is 0 Å². The summed E-state index contributed by atoms with van der Waals surface area (Å²) in [6.45, 7) is 4.37. The summed E-state index contributed by atoms with van der Waals surface area (Å²) in [5, 5.41) is 0. The predicted octanol–water partition coefficient (Wildman–Crippen LogP) is 2.95. The Morgan fingerprint density at radius 1 is 1.39 bits per heavy atom. The molecular weight excluding hydrogens is 244 g/mol. The van der Waals surface area contributed by atoms with E-state index in [1.807, 2.05) is 18.2 Å². The highest BCUT2D eigenvalue weighted by molar-refractivity contribution is 7.80. The van der Waals surface area contributed by atoms with Gasteiger partial charge in [-0.05, 0) is 25.0 Å². The van der Waals surface area contributed by atoms with E-state index in [0.29, 0.717) is 11.0 Å². The van der Waals surface area contributed by atoms with E-state index in [2.05, 4.69) is 25.8 Å². The molecule has 0 aliphatic carbocycles. The number of benzene rings is 1. The number of ether oxygens (including phenoxy) is 1. The molecular formula is C14H22N2OS. The van der Waals surface area contributed by atoms with Crippen molar-refractivity contribution in [1.82, 2.24) is 0 Å². The van der Waals surface area contributed by atoms with Crippen molar-refractivity contribution in [3.8, 4) is 5.75 Å². The monoisotopic (exact) mass is 266 g/mol. The maximum absolute atomic E-state index is 5.79. The van der Waals surface area contributed by atoms with Gasteiger partial charge >= 0.3 is 0 Å². The van der Waals surface area contributed by atoms with Crippen LogP contribution in [0.2, 0.25) is 0 Å². The molecule has 0 aliphatic rings. The standard InChI is InChI=1S/C14H22N2OS/c1-5-10(6-2)16(3)13-9-11(17-4)7-8-12(13)14(15)18/h7-10H,5-6H2,1-4H3,(H2,15,18). The quantitative estimate of drug-likeness (QED) is 0.803. The Balaban J connectivity index is 3.21. The number of nitrogens with zero attached hydrogens (tertiary/aromatic N) is 1. The number of nitrogens with two attached hydrogens (primary N) is 1. The fourth-order valence-electron chi connectivity index (χ4n) is 2.17. The predicted molar refractivity (Wildman–Crippen MR) is 81.7 cm³/mol. The first kappa shape index (κ1) is 14.8. The van der Waals surface area contributed by atoms with E-state index < -0.39 is 0 Å². The van der Waals surface area contributed by atoms with Gasteiger partial charge < -0.3 is 15.4 Å². The van der Waals surface area contributed by atoms with Gasteiger partial charge in [-0.3, -0.25) is 0 Å². The van der Waals surface area contributed by atoms with E-state index in [1.54, 1.807) is 7.11 Å². The normalized spacial score (nSPS) is 10.5. The second kappa shape index (κ2) is 6.59. The van der Waals surface area contributed by atoms with Gasteiger partial charge in [0.2, 0.25) is 0 Å². The molecule has 0 fully saturated rings. The minimum absolute atomic E-state index is 0.422. The first-order chi connectivity index (χ1) is 8.54. The molecule has 0 spiro atoms. The lowest BCUT2D eigenvalue weighted by Crippen LogP contribution is -2.32. The third-order valence-corrected chi connectivity index (χ3v) is 3.56. The zero-order chi connectivity index (χ0) is 13.7. The second-order valence-corrected chi connectivity index (χ2v) is 4.77. The zero-order valence-electron chi connectivity index (χ0n) is 11.6. The van der Waals surface area contributed by atoms with Crippen molar-refractivity contribution < 1.29 is 4.74 Å². The molecule has 0 amide bonds. The molecule has 1 aromatic rings. The first-order valence-electron chi connectivity index (χ1n) is 6.25. The fourth-order valence-corrected chi connectivity index (χ4v) is 2.34. The van der Waals surface area contributed by atoms with Crippen molar-refractivity contribution in [3.63, 3.8) is 0 Å². The minimum Gasteiger partial charge on any atom is -0.497 e. The van der Waals surface area contributed by atoms with Crippen molar-refractivity contribution in [2.45, 2.75) is 32.7 Å². The molecule has 0 aliphatic heterocycles. The summed E-state index contributed by atoms with van der Waals surface area (Å²) < 4.78 is 5.28. The number of anilines is 1. The van der Waals surface area contributed by atoms with Crippen LogP contribution in [0.5, 0.6) is 5.75 Å². The van der Waals surface area contributed by atoms with Gasteiger partial charge in [0.05, 0.1) is 12.8 Å². The van der Waals surface area contributed by atoms with Crippen LogP contribution in [-0.2, 0) is 0 Å². The van der Waals surface area contributed by atoms with Crippen molar-refractivity contribution in [1.29, 1.82) is 0 Å². The Morgan fingerprint density at radius 2 is 2.00 bits per heavy atom. The first-order valence-corrected chi connectivity index (χ1v) is 6.66. The van der Waals surface area contributed by atoms with Crippen LogP contribution in [0.25, 0.3) is 0 Å². The molecule has 0 unspecified atom stereocenters. The molecule has 3 nitrogen and oxygen atoms in total. The summed E-state index contributed by atoms with van der Waals surface area (Å²) in [7, 11) is 3.74. The van der Waals surface area contributed by atoms with Gasteiger partial charge in [0.15, 0.2) is 0 Å². The lowest BCUT2D eigenvalue weighted by Gasteiger charge is -2.30. The molecule has 0 saturated heterocycles. The van der Waals surface area contributed by atoms with Crippen molar-refractivity contribution in [3.05, 3.63) is 23.8 Å². The number of thiocarbonyl (C=S) groups is 1.